The number of hydrazone groups is 1. The number of anilines is 1. The Morgan fingerprint density at radius 1 is 1.26 bits per heavy atom. The molecule has 4 rings (SSSR count). The number of nitrogen functional groups attached to an aromatic ring is 1. The molecule has 0 aliphatic carbocycles. The third-order valence-corrected chi connectivity index (χ3v) is 8.09. The molecular weight excluding hydrogens is 454 g/mol. The summed E-state index contributed by atoms with van der Waals surface area (Å²) in [4.78, 5) is 5.64. The van der Waals surface area contributed by atoms with Crippen LogP contribution in [0, 0.1) is 0 Å². The summed E-state index contributed by atoms with van der Waals surface area (Å²) < 4.78 is 16.2. The molecule has 31 heavy (non-hydrogen) atoms. The number of nitrogens with one attached hydrogen (secondary N) is 2. The number of hydrogen-bond donors (Lipinski definition) is 6. The number of benzene rings is 2. The fraction of sp³-hybridized carbons (Fsp3) is 0.222. The van der Waals surface area contributed by atoms with E-state index in [0.717, 1.165) is 46.4 Å². The Morgan fingerprint density at radius 2 is 2.03 bits per heavy atom. The van der Waals surface area contributed by atoms with E-state index in [0.29, 0.717) is 33.6 Å². The number of amidine groups is 1. The third-order valence-electron chi connectivity index (χ3n) is 4.90. The van der Waals surface area contributed by atoms with E-state index in [1.165, 1.54) is 11.3 Å². The van der Waals surface area contributed by atoms with Crippen molar-refractivity contribution < 1.29 is 4.21 Å². The highest BCUT2D eigenvalue weighted by Crippen LogP contribution is 2.39. The molecule has 1 unspecified atom stereocenters. The number of hydrazine groups is 1. The van der Waals surface area contributed by atoms with E-state index in [1.807, 2.05) is 34.6 Å². The molecule has 13 heteroatoms. The van der Waals surface area contributed by atoms with Crippen LogP contribution in [0.2, 0.25) is 0 Å². The summed E-state index contributed by atoms with van der Waals surface area (Å²) in [6, 6.07) is 9.51. The van der Waals surface area contributed by atoms with Crippen LogP contribution in [0.5, 0.6) is 0 Å². The van der Waals surface area contributed by atoms with Gasteiger partial charge >= 0.3 is 0 Å². The first-order valence-corrected chi connectivity index (χ1v) is 12.2. The molecule has 2 heterocycles. The molecule has 0 amide bonds. The van der Waals surface area contributed by atoms with Gasteiger partial charge in [-0.25, -0.2) is 24.9 Å². The van der Waals surface area contributed by atoms with E-state index in [4.69, 9.17) is 22.4 Å². The lowest BCUT2D eigenvalue weighted by atomic mass is 9.98. The van der Waals surface area contributed by atoms with Crippen molar-refractivity contribution in [1.82, 2.24) is 20.1 Å². The van der Waals surface area contributed by atoms with Gasteiger partial charge in [0.25, 0.3) is 0 Å². The van der Waals surface area contributed by atoms with Crippen LogP contribution in [-0.4, -0.2) is 45.5 Å². The van der Waals surface area contributed by atoms with Gasteiger partial charge in [0.05, 0.1) is 20.0 Å². The van der Waals surface area contributed by atoms with E-state index >= 15 is 0 Å². The lowest BCUT2D eigenvalue weighted by Gasteiger charge is -2.27. The normalized spacial score (nSPS) is 16.5. The maximum Gasteiger partial charge on any atom is 0.181 e. The molecule has 164 valence electrons. The largest absolute Gasteiger partial charge is 0.382 e. The Bertz CT molecular complexity index is 1160. The first-order chi connectivity index (χ1) is 15.0. The summed E-state index contributed by atoms with van der Waals surface area (Å²) >= 11 is 2.38. The molecule has 0 saturated carbocycles. The molecule has 0 spiro atoms. The number of thiazole rings is 1. The van der Waals surface area contributed by atoms with Crippen LogP contribution in [0.3, 0.4) is 0 Å². The van der Waals surface area contributed by atoms with Gasteiger partial charge in [0.2, 0.25) is 0 Å². The highest BCUT2D eigenvalue weighted by molar-refractivity contribution is 7.97. The summed E-state index contributed by atoms with van der Waals surface area (Å²) in [7, 11) is -1.40. The maximum absolute atomic E-state index is 13.4. The second-order valence-electron chi connectivity index (χ2n) is 6.69. The fourth-order valence-electron chi connectivity index (χ4n) is 3.55. The first kappa shape index (κ1) is 22.0. The molecule has 1 fully saturated rings. The molecule has 1 atom stereocenters. The van der Waals surface area contributed by atoms with E-state index < -0.39 is 11.0 Å². The van der Waals surface area contributed by atoms with Crippen molar-refractivity contribution in [3.63, 3.8) is 0 Å². The lowest BCUT2D eigenvalue weighted by molar-refractivity contribution is 0.380. The van der Waals surface area contributed by atoms with Gasteiger partial charge in [0, 0.05) is 37.3 Å². The van der Waals surface area contributed by atoms with Crippen LogP contribution in [0.1, 0.15) is 5.56 Å². The SMILES string of the molecule is NN/N=C(\N)c1c(-c2cccc3sc(N)nc23)ccc(S(=O)N2CCNCC2)c1SN. The van der Waals surface area contributed by atoms with Crippen LogP contribution in [0.25, 0.3) is 21.3 Å². The topological polar surface area (TPSA) is 174 Å². The van der Waals surface area contributed by atoms with Gasteiger partial charge < -0.3 is 16.8 Å². The summed E-state index contributed by atoms with van der Waals surface area (Å²) in [6.07, 6.45) is 0. The molecule has 0 bridgehead atoms. The number of piperazine rings is 1. The van der Waals surface area contributed by atoms with Crippen LogP contribution in [-0.2, 0) is 11.0 Å². The van der Waals surface area contributed by atoms with Crippen molar-refractivity contribution in [2.45, 2.75) is 9.79 Å². The number of rotatable bonds is 6. The van der Waals surface area contributed by atoms with Crippen LogP contribution < -0.4 is 33.3 Å². The Balaban J connectivity index is 1.93. The molecule has 2 aromatic carbocycles. The summed E-state index contributed by atoms with van der Waals surface area (Å²) in [6.45, 7) is 2.89. The van der Waals surface area contributed by atoms with E-state index in [1.54, 1.807) is 0 Å². The Hall–Kier alpha value is -2.26. The number of para-hydroxylation sites is 1. The van der Waals surface area contributed by atoms with Crippen molar-refractivity contribution in [3.05, 3.63) is 35.9 Å². The average molecular weight is 478 g/mol. The second kappa shape index (κ2) is 9.48. The quantitative estimate of drug-likeness (QED) is 0.0972. The van der Waals surface area contributed by atoms with Gasteiger partial charge in [-0.15, -0.1) is 5.10 Å². The van der Waals surface area contributed by atoms with Crippen LogP contribution in [0.4, 0.5) is 5.13 Å². The number of nitrogens with zero attached hydrogens (tertiary/aromatic N) is 3. The minimum Gasteiger partial charge on any atom is -0.382 e. The van der Waals surface area contributed by atoms with Gasteiger partial charge in [0.15, 0.2) is 11.0 Å². The van der Waals surface area contributed by atoms with Gasteiger partial charge in [0.1, 0.15) is 11.0 Å². The molecule has 3 aromatic rings. The highest BCUT2D eigenvalue weighted by atomic mass is 32.2. The van der Waals surface area contributed by atoms with Crippen molar-refractivity contribution in [2.75, 3.05) is 31.9 Å². The predicted molar refractivity (Wildman–Crippen MR) is 128 cm³/mol. The lowest BCUT2D eigenvalue weighted by Crippen LogP contribution is -2.44. The van der Waals surface area contributed by atoms with Crippen molar-refractivity contribution in [2.24, 2.45) is 21.8 Å². The van der Waals surface area contributed by atoms with Gasteiger partial charge in [-0.2, -0.15) is 0 Å². The smallest absolute Gasteiger partial charge is 0.181 e. The molecule has 1 saturated heterocycles. The van der Waals surface area contributed by atoms with Gasteiger partial charge in [-0.3, -0.25) is 5.14 Å². The number of fused-ring (bicyclic) bond motifs is 1. The summed E-state index contributed by atoms with van der Waals surface area (Å²) in [5.41, 5.74) is 17.3. The Labute approximate surface area is 190 Å². The minimum absolute atomic E-state index is 0.129. The van der Waals surface area contributed by atoms with Crippen molar-refractivity contribution >= 4 is 55.5 Å². The number of nitrogens with two attached hydrogens (primary N) is 4. The van der Waals surface area contributed by atoms with E-state index in [9.17, 15) is 4.21 Å². The molecule has 10 nitrogen and oxygen atoms in total. The molecular formula is C18H23N9OS3. The molecule has 1 aliphatic heterocycles. The maximum atomic E-state index is 13.4. The summed E-state index contributed by atoms with van der Waals surface area (Å²) in [5, 5.41) is 13.8. The zero-order valence-corrected chi connectivity index (χ0v) is 18.9. The Kier molecular flexibility index (Phi) is 6.71. The number of aromatic nitrogens is 1. The van der Waals surface area contributed by atoms with Crippen molar-refractivity contribution in [3.8, 4) is 11.1 Å². The molecule has 1 aliphatic rings. The zero-order valence-electron chi connectivity index (χ0n) is 16.5. The van der Waals surface area contributed by atoms with E-state index in [-0.39, 0.29) is 5.84 Å². The molecule has 0 radical (unpaired) electrons. The third kappa shape index (κ3) is 4.25. The monoisotopic (exact) mass is 477 g/mol. The first-order valence-electron chi connectivity index (χ1n) is 9.41. The molecule has 1 aromatic heterocycles. The second-order valence-corrected chi connectivity index (χ2v) is 9.85. The standard InChI is InChI=1S/C18H23N9OS3/c19-17(25-26-21)14-10(11-2-1-3-12-15(11)24-18(20)29-12)4-5-13(16(14)30-22)31(28)27-8-6-23-7-9-27/h1-5,23,26H,6-9,21-22H2,(H2,19,25)(H2,20,24). The zero-order chi connectivity index (χ0) is 22.0. The van der Waals surface area contributed by atoms with Crippen molar-refractivity contribution in [1.29, 1.82) is 0 Å². The van der Waals surface area contributed by atoms with Crippen LogP contribution in [0.15, 0.2) is 45.2 Å². The Morgan fingerprint density at radius 3 is 2.74 bits per heavy atom. The van der Waals surface area contributed by atoms with Gasteiger partial charge in [-0.1, -0.05) is 29.5 Å². The van der Waals surface area contributed by atoms with Gasteiger partial charge in [-0.05, 0) is 29.6 Å². The fourth-order valence-corrected chi connectivity index (χ4v) is 6.43. The highest BCUT2D eigenvalue weighted by Gasteiger charge is 2.26. The minimum atomic E-state index is -1.40. The number of hydrogen-bond acceptors (Lipinski definition) is 10. The van der Waals surface area contributed by atoms with E-state index in [2.05, 4.69) is 20.9 Å². The molecule has 10 N–H and O–H groups in total. The predicted octanol–water partition coefficient (Wildman–Crippen LogP) is 0.523. The average Bonchev–Trinajstić information content (AvgIpc) is 3.18. The van der Waals surface area contributed by atoms with Crippen LogP contribution >= 0.6 is 23.3 Å². The summed E-state index contributed by atoms with van der Waals surface area (Å²) in [5.74, 6) is 5.53.